The number of hydrogen-bond donors (Lipinski definition) is 2. The van der Waals surface area contributed by atoms with Crippen LogP contribution in [0.1, 0.15) is 27.8 Å². The summed E-state index contributed by atoms with van der Waals surface area (Å²) in [4.78, 5) is 0. The van der Waals surface area contributed by atoms with E-state index in [1.165, 1.54) is 0 Å². The third-order valence-electron chi connectivity index (χ3n) is 13.0. The molecule has 2 saturated heterocycles. The first-order valence-electron chi connectivity index (χ1n) is 24.2. The summed E-state index contributed by atoms with van der Waals surface area (Å²) in [6, 6.07) is 67.4. The third kappa shape index (κ3) is 12.5. The fourth-order valence-corrected chi connectivity index (χ4v) is 12.1. The molecule has 7 aromatic carbocycles. The lowest BCUT2D eigenvalue weighted by Gasteiger charge is -2.48. The van der Waals surface area contributed by atoms with Crippen molar-refractivity contribution in [2.75, 3.05) is 19.4 Å². The van der Waals surface area contributed by atoms with Crippen molar-refractivity contribution in [1.29, 1.82) is 0 Å². The van der Waals surface area contributed by atoms with Crippen LogP contribution in [0.25, 0.3) is 0 Å². The summed E-state index contributed by atoms with van der Waals surface area (Å²) in [5, 5.41) is 24.5. The normalized spacial score (nSPS) is 24.4. The second-order valence-corrected chi connectivity index (χ2v) is 20.7. The molecular formula is C59H61O11P. The summed E-state index contributed by atoms with van der Waals surface area (Å²) in [6.45, 7) is -0.499. The third-order valence-corrected chi connectivity index (χ3v) is 16.1. The molecule has 2 aliphatic heterocycles. The van der Waals surface area contributed by atoms with Gasteiger partial charge < -0.3 is 52.7 Å². The molecule has 9 atom stereocenters. The van der Waals surface area contributed by atoms with Crippen LogP contribution >= 0.6 is 7.14 Å². The highest BCUT2D eigenvalue weighted by atomic mass is 31.2. The Morgan fingerprint density at radius 2 is 0.775 bits per heavy atom. The fourth-order valence-electron chi connectivity index (χ4n) is 9.31. The van der Waals surface area contributed by atoms with Crippen molar-refractivity contribution in [3.63, 3.8) is 0 Å². The van der Waals surface area contributed by atoms with Gasteiger partial charge in [-0.2, -0.15) is 0 Å². The molecule has 9 rings (SSSR count). The van der Waals surface area contributed by atoms with Crippen molar-refractivity contribution in [3.05, 3.63) is 240 Å². The summed E-state index contributed by atoms with van der Waals surface area (Å²) in [5.74, 6) is -2.03. The molecule has 0 radical (unpaired) electrons. The SMILES string of the molecule is O=P(C[C@H]1O[C@@](CO)(O[C@H]2O[C@H](CO)[C@@H](OCc3ccccc3)[C@H](OCc3ccccc3)[C@H]2OCc2ccccc2)[C@@H](OCc2ccccc2)[C@@H]1OCc1ccccc1)(c1ccccc1)c1ccccc1. The van der Waals surface area contributed by atoms with Gasteiger partial charge >= 0.3 is 0 Å². The molecule has 0 saturated carbocycles. The molecule has 0 bridgehead atoms. The van der Waals surface area contributed by atoms with Crippen LogP contribution in [-0.2, 0) is 75.5 Å². The molecular weight excluding hydrogens is 916 g/mol. The predicted octanol–water partition coefficient (Wildman–Crippen LogP) is 8.75. The number of hydrogen-bond acceptors (Lipinski definition) is 11. The van der Waals surface area contributed by atoms with Gasteiger partial charge in [-0.15, -0.1) is 0 Å². The first-order chi connectivity index (χ1) is 34.9. The van der Waals surface area contributed by atoms with Crippen molar-refractivity contribution >= 4 is 17.8 Å². The molecule has 2 N–H and O–H groups in total. The lowest BCUT2D eigenvalue weighted by molar-refractivity contribution is -0.395. The van der Waals surface area contributed by atoms with Crippen LogP contribution in [0.5, 0.6) is 0 Å². The van der Waals surface area contributed by atoms with Crippen LogP contribution in [0.2, 0.25) is 0 Å². The van der Waals surface area contributed by atoms with E-state index in [2.05, 4.69) is 0 Å². The van der Waals surface area contributed by atoms with E-state index in [1.54, 1.807) is 0 Å². The second-order valence-electron chi connectivity index (χ2n) is 17.8. The zero-order chi connectivity index (χ0) is 48.7. The van der Waals surface area contributed by atoms with Gasteiger partial charge in [-0.3, -0.25) is 0 Å². The van der Waals surface area contributed by atoms with Gasteiger partial charge in [-0.1, -0.05) is 212 Å². The highest BCUT2D eigenvalue weighted by Crippen LogP contribution is 2.50. The van der Waals surface area contributed by atoms with Crippen molar-refractivity contribution in [2.24, 2.45) is 0 Å². The van der Waals surface area contributed by atoms with E-state index in [0.29, 0.717) is 10.6 Å². The Bertz CT molecular complexity index is 2630. The molecule has 2 fully saturated rings. The lowest BCUT2D eigenvalue weighted by atomic mass is 9.97. The average molecular weight is 977 g/mol. The monoisotopic (exact) mass is 976 g/mol. The minimum absolute atomic E-state index is 0.0340. The van der Waals surface area contributed by atoms with E-state index < -0.39 is 75.2 Å². The molecule has 368 valence electrons. The van der Waals surface area contributed by atoms with Crippen molar-refractivity contribution in [2.45, 2.75) is 87.8 Å². The zero-order valence-electron chi connectivity index (χ0n) is 39.5. The van der Waals surface area contributed by atoms with Gasteiger partial charge in [-0.05, 0) is 27.8 Å². The molecule has 2 heterocycles. The minimum atomic E-state index is -3.50. The van der Waals surface area contributed by atoms with E-state index in [4.69, 9.17) is 37.9 Å². The van der Waals surface area contributed by atoms with Gasteiger partial charge in [0.25, 0.3) is 0 Å². The van der Waals surface area contributed by atoms with E-state index in [9.17, 15) is 10.2 Å². The van der Waals surface area contributed by atoms with Crippen molar-refractivity contribution in [1.82, 2.24) is 0 Å². The largest absolute Gasteiger partial charge is 0.394 e. The number of benzene rings is 7. The summed E-state index contributed by atoms with van der Waals surface area (Å²) < 4.78 is 71.4. The molecule has 11 nitrogen and oxygen atoms in total. The van der Waals surface area contributed by atoms with Crippen LogP contribution in [0, 0.1) is 0 Å². The lowest BCUT2D eigenvalue weighted by Crippen LogP contribution is -2.64. The number of ether oxygens (including phenoxy) is 8. The first kappa shape index (κ1) is 50.3. The second kappa shape index (κ2) is 24.7. The summed E-state index contributed by atoms with van der Waals surface area (Å²) >= 11 is 0. The van der Waals surface area contributed by atoms with Crippen LogP contribution < -0.4 is 10.6 Å². The Labute approximate surface area is 416 Å². The van der Waals surface area contributed by atoms with E-state index in [0.717, 1.165) is 27.8 Å². The highest BCUT2D eigenvalue weighted by molar-refractivity contribution is 7.78. The van der Waals surface area contributed by atoms with Crippen LogP contribution in [-0.4, -0.2) is 84.4 Å². The Kier molecular flexibility index (Phi) is 17.5. The first-order valence-corrected chi connectivity index (χ1v) is 26.0. The van der Waals surface area contributed by atoms with Crippen molar-refractivity contribution < 1.29 is 52.7 Å². The van der Waals surface area contributed by atoms with Gasteiger partial charge in [0.15, 0.2) is 6.29 Å². The summed E-state index contributed by atoms with van der Waals surface area (Å²) in [5.41, 5.74) is 4.45. The van der Waals surface area contributed by atoms with Gasteiger partial charge in [0.2, 0.25) is 5.79 Å². The Balaban J connectivity index is 1.13. The van der Waals surface area contributed by atoms with Gasteiger partial charge in [0, 0.05) is 16.8 Å². The van der Waals surface area contributed by atoms with Gasteiger partial charge in [-0.25, -0.2) is 0 Å². The van der Waals surface area contributed by atoms with Gasteiger partial charge in [0.1, 0.15) is 50.4 Å². The predicted molar refractivity (Wildman–Crippen MR) is 271 cm³/mol. The molecule has 0 amide bonds. The summed E-state index contributed by atoms with van der Waals surface area (Å²) in [6.07, 6.45) is -8.31. The van der Waals surface area contributed by atoms with Crippen LogP contribution in [0.15, 0.2) is 212 Å². The molecule has 2 aliphatic rings. The maximum Gasteiger partial charge on any atom is 0.224 e. The van der Waals surface area contributed by atoms with E-state index in [-0.39, 0.29) is 39.2 Å². The standard InChI is InChI=1S/C59H61O11P/c60-36-51-53(63-37-44-22-8-1-9-23-44)55(65-39-46-26-12-3-13-27-46)56(66-40-47-28-14-4-15-29-47)58(68-51)70-59(43-61)57(67-41-48-30-16-5-17-31-48)54(64-38-45-24-10-2-11-25-45)52(69-59)42-71(62,49-32-18-6-19-33-49)50-34-20-7-21-35-50/h1-35,51-58,60-61H,36-43H2/t51-,52-,53-,54-,55+,56-,57+,58-,59+/m1/s1. The van der Waals surface area contributed by atoms with Crippen molar-refractivity contribution in [3.8, 4) is 0 Å². The maximum atomic E-state index is 16.0. The summed E-state index contributed by atoms with van der Waals surface area (Å²) in [7, 11) is -3.50. The quantitative estimate of drug-likeness (QED) is 0.0597. The maximum absolute atomic E-state index is 16.0. The average Bonchev–Trinajstić information content (AvgIpc) is 3.72. The number of aliphatic hydroxyl groups is 2. The topological polar surface area (TPSA) is 131 Å². The minimum Gasteiger partial charge on any atom is -0.394 e. The van der Waals surface area contributed by atoms with E-state index in [1.807, 2.05) is 212 Å². The Morgan fingerprint density at radius 1 is 0.423 bits per heavy atom. The Morgan fingerprint density at radius 3 is 1.17 bits per heavy atom. The molecule has 0 unspecified atom stereocenters. The number of rotatable bonds is 23. The van der Waals surface area contributed by atoms with Gasteiger partial charge in [0.05, 0.1) is 45.7 Å². The smallest absolute Gasteiger partial charge is 0.224 e. The zero-order valence-corrected chi connectivity index (χ0v) is 40.4. The molecule has 0 spiro atoms. The Hall–Kier alpha value is -5.63. The van der Waals surface area contributed by atoms with E-state index >= 15 is 4.57 Å². The van der Waals surface area contributed by atoms with Crippen LogP contribution in [0.3, 0.4) is 0 Å². The number of aliphatic hydroxyl groups excluding tert-OH is 2. The molecule has 12 heteroatoms. The highest BCUT2D eigenvalue weighted by Gasteiger charge is 2.62. The molecule has 7 aromatic rings. The molecule has 0 aliphatic carbocycles. The van der Waals surface area contributed by atoms with Crippen LogP contribution in [0.4, 0.5) is 0 Å². The molecule has 0 aromatic heterocycles. The molecule has 71 heavy (non-hydrogen) atoms. The fraction of sp³-hybridized carbons (Fsp3) is 0.288.